The standard InChI is InChI=1S/C7H16N2/c1-6-4-7(8-2)5-9(6)3/h6-8H,4-5H2,1-3H3/t6-,7-/m1/s1. The molecule has 2 heteroatoms. The summed E-state index contributed by atoms with van der Waals surface area (Å²) in [6.07, 6.45) is 1.30. The number of rotatable bonds is 1. The zero-order chi connectivity index (χ0) is 6.85. The van der Waals surface area contributed by atoms with E-state index in [4.69, 9.17) is 0 Å². The molecule has 0 unspecified atom stereocenters. The zero-order valence-electron chi connectivity index (χ0n) is 6.52. The van der Waals surface area contributed by atoms with Crippen LogP contribution in [0.3, 0.4) is 0 Å². The van der Waals surface area contributed by atoms with Crippen molar-refractivity contribution in [3.05, 3.63) is 0 Å². The van der Waals surface area contributed by atoms with Crippen LogP contribution in [0.15, 0.2) is 0 Å². The third-order valence-electron chi connectivity index (χ3n) is 2.29. The molecule has 1 rings (SSSR count). The Balaban J connectivity index is 2.35. The molecule has 9 heavy (non-hydrogen) atoms. The quantitative estimate of drug-likeness (QED) is 0.546. The average molecular weight is 128 g/mol. The Morgan fingerprint density at radius 1 is 1.56 bits per heavy atom. The first-order chi connectivity index (χ1) is 4.24. The number of hydrogen-bond donors (Lipinski definition) is 1. The van der Waals surface area contributed by atoms with Gasteiger partial charge in [-0.2, -0.15) is 0 Å². The first kappa shape index (κ1) is 7.03. The highest BCUT2D eigenvalue weighted by atomic mass is 15.2. The van der Waals surface area contributed by atoms with E-state index in [9.17, 15) is 0 Å². The summed E-state index contributed by atoms with van der Waals surface area (Å²) in [5.74, 6) is 0. The number of hydrogen-bond acceptors (Lipinski definition) is 2. The van der Waals surface area contributed by atoms with Crippen molar-refractivity contribution in [3.63, 3.8) is 0 Å². The fourth-order valence-electron chi connectivity index (χ4n) is 1.40. The highest BCUT2D eigenvalue weighted by Gasteiger charge is 2.23. The molecule has 2 nitrogen and oxygen atoms in total. The molecule has 0 radical (unpaired) electrons. The number of likely N-dealkylation sites (N-methyl/N-ethyl adjacent to an activating group) is 2. The van der Waals surface area contributed by atoms with Crippen molar-refractivity contribution in [2.45, 2.75) is 25.4 Å². The summed E-state index contributed by atoms with van der Waals surface area (Å²) >= 11 is 0. The monoisotopic (exact) mass is 128 g/mol. The van der Waals surface area contributed by atoms with Crippen LogP contribution in [0.25, 0.3) is 0 Å². The molecule has 0 aromatic rings. The largest absolute Gasteiger partial charge is 0.316 e. The zero-order valence-corrected chi connectivity index (χ0v) is 6.52. The minimum atomic E-state index is 0.727. The van der Waals surface area contributed by atoms with E-state index in [1.807, 2.05) is 7.05 Å². The second-order valence-electron chi connectivity index (χ2n) is 3.01. The molecule has 54 valence electrons. The summed E-state index contributed by atoms with van der Waals surface area (Å²) in [6, 6.07) is 1.49. The Labute approximate surface area is 57.2 Å². The van der Waals surface area contributed by atoms with E-state index in [0.29, 0.717) is 0 Å². The first-order valence-corrected chi connectivity index (χ1v) is 3.61. The van der Waals surface area contributed by atoms with Crippen LogP contribution in [0, 0.1) is 0 Å². The summed E-state index contributed by atoms with van der Waals surface area (Å²) in [5.41, 5.74) is 0. The van der Waals surface area contributed by atoms with Crippen LogP contribution in [-0.2, 0) is 0 Å². The van der Waals surface area contributed by atoms with Crippen LogP contribution in [-0.4, -0.2) is 37.6 Å². The molecule has 0 aromatic heterocycles. The lowest BCUT2D eigenvalue weighted by molar-refractivity contribution is 0.327. The Morgan fingerprint density at radius 3 is 2.44 bits per heavy atom. The van der Waals surface area contributed by atoms with Gasteiger partial charge in [-0.1, -0.05) is 0 Å². The molecule has 1 N–H and O–H groups in total. The maximum Gasteiger partial charge on any atom is 0.0206 e. The van der Waals surface area contributed by atoms with Crippen molar-refractivity contribution in [2.24, 2.45) is 0 Å². The van der Waals surface area contributed by atoms with Crippen LogP contribution in [0.5, 0.6) is 0 Å². The van der Waals surface area contributed by atoms with Crippen molar-refractivity contribution in [1.82, 2.24) is 10.2 Å². The van der Waals surface area contributed by atoms with Crippen LogP contribution in [0.1, 0.15) is 13.3 Å². The second kappa shape index (κ2) is 2.67. The van der Waals surface area contributed by atoms with Gasteiger partial charge >= 0.3 is 0 Å². The van der Waals surface area contributed by atoms with Crippen molar-refractivity contribution >= 4 is 0 Å². The second-order valence-corrected chi connectivity index (χ2v) is 3.01. The minimum Gasteiger partial charge on any atom is -0.316 e. The van der Waals surface area contributed by atoms with Gasteiger partial charge in [-0.05, 0) is 27.4 Å². The summed E-state index contributed by atoms with van der Waals surface area (Å²) in [7, 11) is 4.22. The van der Waals surface area contributed by atoms with Crippen molar-refractivity contribution in [1.29, 1.82) is 0 Å². The maximum atomic E-state index is 3.28. The van der Waals surface area contributed by atoms with Crippen LogP contribution in [0.2, 0.25) is 0 Å². The first-order valence-electron chi connectivity index (χ1n) is 3.61. The summed E-state index contributed by atoms with van der Waals surface area (Å²) in [6.45, 7) is 3.48. The van der Waals surface area contributed by atoms with Crippen LogP contribution < -0.4 is 5.32 Å². The molecular weight excluding hydrogens is 112 g/mol. The van der Waals surface area contributed by atoms with Crippen molar-refractivity contribution in [2.75, 3.05) is 20.6 Å². The van der Waals surface area contributed by atoms with Crippen LogP contribution in [0.4, 0.5) is 0 Å². The SMILES string of the molecule is CN[C@@H]1C[C@@H](C)N(C)C1. The lowest BCUT2D eigenvalue weighted by Gasteiger charge is -2.12. The van der Waals surface area contributed by atoms with Gasteiger partial charge in [0, 0.05) is 18.6 Å². The fraction of sp³-hybridized carbons (Fsp3) is 1.00. The van der Waals surface area contributed by atoms with Gasteiger partial charge < -0.3 is 10.2 Å². The van der Waals surface area contributed by atoms with E-state index in [0.717, 1.165) is 12.1 Å². The Morgan fingerprint density at radius 2 is 2.22 bits per heavy atom. The van der Waals surface area contributed by atoms with E-state index in [1.165, 1.54) is 13.0 Å². The lowest BCUT2D eigenvalue weighted by Crippen LogP contribution is -2.28. The minimum absolute atomic E-state index is 0.727. The van der Waals surface area contributed by atoms with E-state index >= 15 is 0 Å². The van der Waals surface area contributed by atoms with Gasteiger partial charge in [-0.25, -0.2) is 0 Å². The maximum absolute atomic E-state index is 3.28. The normalized spacial score (nSPS) is 37.7. The third-order valence-corrected chi connectivity index (χ3v) is 2.29. The molecule has 0 amide bonds. The summed E-state index contributed by atoms with van der Waals surface area (Å²) in [5, 5.41) is 3.28. The van der Waals surface area contributed by atoms with Gasteiger partial charge in [0.05, 0.1) is 0 Å². The predicted molar refractivity (Wildman–Crippen MR) is 39.6 cm³/mol. The molecule has 2 atom stereocenters. The molecule has 1 saturated heterocycles. The Kier molecular flexibility index (Phi) is 2.09. The molecule has 1 aliphatic heterocycles. The van der Waals surface area contributed by atoms with Gasteiger partial charge in [0.1, 0.15) is 0 Å². The van der Waals surface area contributed by atoms with Crippen molar-refractivity contribution < 1.29 is 0 Å². The molecule has 1 fully saturated rings. The van der Waals surface area contributed by atoms with Gasteiger partial charge in [0.2, 0.25) is 0 Å². The molecule has 0 spiro atoms. The number of nitrogens with one attached hydrogen (secondary N) is 1. The molecule has 1 aliphatic rings. The van der Waals surface area contributed by atoms with Crippen molar-refractivity contribution in [3.8, 4) is 0 Å². The topological polar surface area (TPSA) is 15.3 Å². The predicted octanol–water partition coefficient (Wildman–Crippen LogP) is 0.298. The van der Waals surface area contributed by atoms with E-state index in [-0.39, 0.29) is 0 Å². The van der Waals surface area contributed by atoms with Gasteiger partial charge in [-0.15, -0.1) is 0 Å². The van der Waals surface area contributed by atoms with E-state index in [2.05, 4.69) is 24.2 Å². The third kappa shape index (κ3) is 1.43. The van der Waals surface area contributed by atoms with Crippen LogP contribution >= 0.6 is 0 Å². The van der Waals surface area contributed by atoms with E-state index in [1.54, 1.807) is 0 Å². The average Bonchev–Trinajstić information content (AvgIpc) is 2.13. The van der Waals surface area contributed by atoms with Gasteiger partial charge in [-0.3, -0.25) is 0 Å². The Hall–Kier alpha value is -0.0800. The number of likely N-dealkylation sites (tertiary alicyclic amines) is 1. The van der Waals surface area contributed by atoms with Gasteiger partial charge in [0.25, 0.3) is 0 Å². The smallest absolute Gasteiger partial charge is 0.0206 e. The fourth-order valence-corrected chi connectivity index (χ4v) is 1.40. The van der Waals surface area contributed by atoms with E-state index < -0.39 is 0 Å². The highest BCUT2D eigenvalue weighted by molar-refractivity contribution is 4.83. The number of nitrogens with zero attached hydrogens (tertiary/aromatic N) is 1. The summed E-state index contributed by atoms with van der Waals surface area (Å²) in [4.78, 5) is 2.39. The van der Waals surface area contributed by atoms with Gasteiger partial charge in [0.15, 0.2) is 0 Å². The highest BCUT2D eigenvalue weighted by Crippen LogP contribution is 2.13. The molecular formula is C7H16N2. The summed E-state index contributed by atoms with van der Waals surface area (Å²) < 4.78 is 0. The Bertz CT molecular complexity index is 82.9. The molecule has 0 bridgehead atoms. The lowest BCUT2D eigenvalue weighted by atomic mass is 10.2. The molecule has 0 saturated carbocycles. The molecule has 1 heterocycles. The molecule has 0 aliphatic carbocycles. The molecule has 0 aromatic carbocycles.